The van der Waals surface area contributed by atoms with E-state index in [0.29, 0.717) is 19.6 Å². The molecule has 0 saturated heterocycles. The fourth-order valence-corrected chi connectivity index (χ4v) is 3.84. The molecule has 2 aromatic carbocycles. The highest BCUT2D eigenvalue weighted by Crippen LogP contribution is 2.19. The molecule has 0 unspecified atom stereocenters. The van der Waals surface area contributed by atoms with E-state index in [1.54, 1.807) is 23.9 Å². The average Bonchev–Trinajstić information content (AvgIpc) is 3.40. The van der Waals surface area contributed by atoms with Crippen LogP contribution in [0.15, 0.2) is 83.0 Å². The van der Waals surface area contributed by atoms with Gasteiger partial charge in [-0.3, -0.25) is 0 Å². The van der Waals surface area contributed by atoms with Crippen LogP contribution in [0.3, 0.4) is 0 Å². The minimum Gasteiger partial charge on any atom is -0.472 e. The van der Waals surface area contributed by atoms with Crippen molar-refractivity contribution in [1.29, 1.82) is 0 Å². The van der Waals surface area contributed by atoms with Gasteiger partial charge in [-0.1, -0.05) is 48.5 Å². The Morgan fingerprint density at radius 3 is 2.70 bits per heavy atom. The number of urea groups is 1. The second-order valence-electron chi connectivity index (χ2n) is 6.36. The van der Waals surface area contributed by atoms with Gasteiger partial charge in [0.2, 0.25) is 0 Å². The van der Waals surface area contributed by atoms with Crippen LogP contribution in [-0.4, -0.2) is 10.9 Å². The number of rotatable bonds is 6. The first kappa shape index (κ1) is 17.4. The molecule has 2 amide bonds. The van der Waals surface area contributed by atoms with Crippen molar-refractivity contribution in [2.75, 3.05) is 0 Å². The number of amides is 2. The van der Waals surface area contributed by atoms with Crippen molar-refractivity contribution in [3.8, 4) is 0 Å². The summed E-state index contributed by atoms with van der Waals surface area (Å²) in [5.74, 6) is 0. The predicted molar refractivity (Wildman–Crippen MR) is 108 cm³/mol. The molecule has 0 spiro atoms. The molecule has 4 aromatic rings. The van der Waals surface area contributed by atoms with Crippen LogP contribution >= 0.6 is 11.3 Å². The maximum absolute atomic E-state index is 12.9. The summed E-state index contributed by atoms with van der Waals surface area (Å²) in [5, 5.41) is 7.45. The van der Waals surface area contributed by atoms with E-state index in [9.17, 15) is 4.79 Å². The second-order valence-corrected chi connectivity index (χ2v) is 7.40. The number of furan rings is 1. The molecular weight excluding hydrogens is 356 g/mol. The number of carbonyl (C=O) groups is 1. The van der Waals surface area contributed by atoms with Gasteiger partial charge in [-0.2, -0.15) is 0 Å². The summed E-state index contributed by atoms with van der Waals surface area (Å²) < 4.78 is 5.15. The summed E-state index contributed by atoms with van der Waals surface area (Å²) in [6.07, 6.45) is 3.31. The first-order valence-electron chi connectivity index (χ1n) is 8.82. The van der Waals surface area contributed by atoms with E-state index in [1.165, 1.54) is 10.8 Å². The molecule has 0 radical (unpaired) electrons. The zero-order valence-electron chi connectivity index (χ0n) is 14.8. The zero-order chi connectivity index (χ0) is 18.5. The minimum absolute atomic E-state index is 0.0856. The Morgan fingerprint density at radius 1 is 1.00 bits per heavy atom. The van der Waals surface area contributed by atoms with Crippen LogP contribution in [-0.2, 0) is 19.6 Å². The molecule has 2 aromatic heterocycles. The molecule has 0 aliphatic heterocycles. The SMILES string of the molecule is O=C(NCc1cccc2ccccc12)N(Cc1ccoc1)Cc1cccs1. The molecule has 136 valence electrons. The summed E-state index contributed by atoms with van der Waals surface area (Å²) in [4.78, 5) is 15.9. The molecule has 5 heteroatoms. The number of fused-ring (bicyclic) bond motifs is 1. The first-order valence-corrected chi connectivity index (χ1v) is 9.70. The first-order chi connectivity index (χ1) is 13.3. The van der Waals surface area contributed by atoms with Gasteiger partial charge in [0.15, 0.2) is 0 Å². The van der Waals surface area contributed by atoms with Crippen molar-refractivity contribution < 1.29 is 9.21 Å². The monoisotopic (exact) mass is 376 g/mol. The normalized spacial score (nSPS) is 10.8. The largest absolute Gasteiger partial charge is 0.472 e. The van der Waals surface area contributed by atoms with Gasteiger partial charge in [0.1, 0.15) is 0 Å². The molecule has 0 saturated carbocycles. The molecule has 4 nitrogen and oxygen atoms in total. The summed E-state index contributed by atoms with van der Waals surface area (Å²) in [6, 6.07) is 20.2. The summed E-state index contributed by atoms with van der Waals surface area (Å²) in [5.41, 5.74) is 2.09. The molecule has 0 bridgehead atoms. The van der Waals surface area contributed by atoms with E-state index in [1.807, 2.05) is 46.7 Å². The van der Waals surface area contributed by atoms with E-state index in [-0.39, 0.29) is 6.03 Å². The van der Waals surface area contributed by atoms with Gasteiger partial charge in [0.05, 0.1) is 25.6 Å². The highest BCUT2D eigenvalue weighted by molar-refractivity contribution is 7.09. The number of hydrogen-bond acceptors (Lipinski definition) is 3. The van der Waals surface area contributed by atoms with Gasteiger partial charge in [0.25, 0.3) is 0 Å². The van der Waals surface area contributed by atoms with Gasteiger partial charge in [-0.15, -0.1) is 11.3 Å². The summed E-state index contributed by atoms with van der Waals surface area (Å²) >= 11 is 1.65. The van der Waals surface area contributed by atoms with Crippen molar-refractivity contribution in [1.82, 2.24) is 10.2 Å². The van der Waals surface area contributed by atoms with Crippen molar-refractivity contribution in [2.24, 2.45) is 0 Å². The molecule has 0 aliphatic carbocycles. The molecular formula is C22H20N2O2S. The van der Waals surface area contributed by atoms with Crippen molar-refractivity contribution in [2.45, 2.75) is 19.6 Å². The van der Waals surface area contributed by atoms with E-state index in [4.69, 9.17) is 4.42 Å². The standard InChI is InChI=1S/C22H20N2O2S/c25-22(23-13-19-7-3-6-18-5-1-2-9-21(18)19)24(14-17-10-11-26-16-17)15-20-8-4-12-27-20/h1-12,16H,13-15H2,(H,23,25). The molecule has 2 heterocycles. The lowest BCUT2D eigenvalue weighted by Crippen LogP contribution is -2.38. The van der Waals surface area contributed by atoms with Gasteiger partial charge in [-0.25, -0.2) is 4.79 Å². The topological polar surface area (TPSA) is 45.5 Å². The lowest BCUT2D eigenvalue weighted by molar-refractivity contribution is 0.192. The van der Waals surface area contributed by atoms with Crippen LogP contribution in [0.25, 0.3) is 10.8 Å². The number of nitrogens with one attached hydrogen (secondary N) is 1. The van der Waals surface area contributed by atoms with Crippen LogP contribution in [0.4, 0.5) is 4.79 Å². The Bertz CT molecular complexity index is 968. The Hall–Kier alpha value is -3.05. The molecule has 0 aliphatic rings. The molecule has 4 rings (SSSR count). The minimum atomic E-state index is -0.0856. The van der Waals surface area contributed by atoms with Crippen LogP contribution in [0.1, 0.15) is 16.0 Å². The second kappa shape index (κ2) is 8.10. The summed E-state index contributed by atoms with van der Waals surface area (Å²) in [7, 11) is 0. The van der Waals surface area contributed by atoms with Crippen LogP contribution in [0.5, 0.6) is 0 Å². The Morgan fingerprint density at radius 2 is 1.89 bits per heavy atom. The molecule has 27 heavy (non-hydrogen) atoms. The van der Waals surface area contributed by atoms with E-state index in [2.05, 4.69) is 29.6 Å². The van der Waals surface area contributed by atoms with Crippen molar-refractivity contribution in [3.63, 3.8) is 0 Å². The zero-order valence-corrected chi connectivity index (χ0v) is 15.6. The smallest absolute Gasteiger partial charge is 0.318 e. The molecule has 1 N–H and O–H groups in total. The number of hydrogen-bond donors (Lipinski definition) is 1. The van der Waals surface area contributed by atoms with Crippen molar-refractivity contribution >= 4 is 28.1 Å². The third-order valence-corrected chi connectivity index (χ3v) is 5.34. The maximum Gasteiger partial charge on any atom is 0.318 e. The Balaban J connectivity index is 1.49. The Kier molecular flexibility index (Phi) is 5.21. The van der Waals surface area contributed by atoms with Gasteiger partial charge < -0.3 is 14.6 Å². The fraction of sp³-hybridized carbons (Fsp3) is 0.136. The maximum atomic E-state index is 12.9. The predicted octanol–water partition coefficient (Wildman–Crippen LogP) is 5.41. The van der Waals surface area contributed by atoms with E-state index < -0.39 is 0 Å². The quantitative estimate of drug-likeness (QED) is 0.489. The third kappa shape index (κ3) is 4.20. The fourth-order valence-electron chi connectivity index (χ4n) is 3.12. The van der Waals surface area contributed by atoms with Crippen LogP contribution in [0.2, 0.25) is 0 Å². The van der Waals surface area contributed by atoms with Crippen LogP contribution in [0, 0.1) is 0 Å². The average molecular weight is 376 g/mol. The van der Waals surface area contributed by atoms with Gasteiger partial charge >= 0.3 is 6.03 Å². The highest BCUT2D eigenvalue weighted by Gasteiger charge is 2.16. The van der Waals surface area contributed by atoms with Gasteiger partial charge in [-0.05, 0) is 33.8 Å². The van der Waals surface area contributed by atoms with E-state index >= 15 is 0 Å². The lowest BCUT2D eigenvalue weighted by Gasteiger charge is -2.22. The van der Waals surface area contributed by atoms with Crippen molar-refractivity contribution in [3.05, 3.63) is 94.6 Å². The lowest BCUT2D eigenvalue weighted by atomic mass is 10.0. The highest BCUT2D eigenvalue weighted by atomic mass is 32.1. The molecule has 0 atom stereocenters. The number of benzene rings is 2. The number of nitrogens with zero attached hydrogens (tertiary/aromatic N) is 1. The molecule has 0 fully saturated rings. The van der Waals surface area contributed by atoms with Gasteiger partial charge in [0, 0.05) is 17.0 Å². The summed E-state index contributed by atoms with van der Waals surface area (Å²) in [6.45, 7) is 1.58. The van der Waals surface area contributed by atoms with Crippen LogP contribution < -0.4 is 5.32 Å². The van der Waals surface area contributed by atoms with E-state index in [0.717, 1.165) is 16.0 Å². The number of carbonyl (C=O) groups excluding carboxylic acids is 1. The Labute approximate surface area is 162 Å². The number of thiophene rings is 1. The third-order valence-electron chi connectivity index (χ3n) is 4.48.